The zero-order chi connectivity index (χ0) is 14.5. The number of hydrogen-bond acceptors (Lipinski definition) is 1. The minimum absolute atomic E-state index is 0.780. The maximum absolute atomic E-state index is 9.25. The molecule has 0 bridgehead atoms. The van der Waals surface area contributed by atoms with Crippen molar-refractivity contribution in [2.24, 2.45) is 0 Å². The van der Waals surface area contributed by atoms with Crippen molar-refractivity contribution >= 4 is 17.7 Å². The number of hydrogen-bond donors (Lipinski definition) is 1. The molecular formula is C19H18NP. The van der Waals surface area contributed by atoms with Crippen LogP contribution in [0, 0.1) is 5.16 Å². The third-order valence-corrected chi connectivity index (χ3v) is 6.86. The summed E-state index contributed by atoms with van der Waals surface area (Å²) in [5.74, 6) is 0. The molecule has 0 atom stereocenters. The van der Waals surface area contributed by atoms with Gasteiger partial charge in [0, 0.05) is 13.2 Å². The van der Waals surface area contributed by atoms with Crippen molar-refractivity contribution < 1.29 is 0 Å². The predicted molar refractivity (Wildman–Crippen MR) is 91.9 cm³/mol. The first-order valence-corrected chi connectivity index (χ1v) is 9.05. The molecule has 0 heterocycles. The van der Waals surface area contributed by atoms with E-state index in [-0.39, 0.29) is 0 Å². The lowest BCUT2D eigenvalue weighted by Crippen LogP contribution is -2.16. The van der Waals surface area contributed by atoms with Crippen molar-refractivity contribution in [2.45, 2.75) is 6.16 Å². The fourth-order valence-electron chi connectivity index (χ4n) is 2.55. The number of nitrogens with one attached hydrogen (secondary N) is 1. The minimum atomic E-state index is -2.15. The Labute approximate surface area is 126 Å². The Hall–Kier alpha value is -2.11. The molecule has 0 saturated carbocycles. The van der Waals surface area contributed by atoms with Gasteiger partial charge >= 0.3 is 0 Å². The lowest BCUT2D eigenvalue weighted by molar-refractivity contribution is 1.37. The van der Waals surface area contributed by atoms with E-state index in [0.29, 0.717) is 0 Å². The highest BCUT2D eigenvalue weighted by molar-refractivity contribution is 7.79. The zero-order valence-corrected chi connectivity index (χ0v) is 12.7. The Morgan fingerprint density at radius 1 is 0.571 bits per heavy atom. The molecule has 0 spiro atoms. The molecule has 0 radical (unpaired) electrons. The molecular weight excluding hydrogens is 273 g/mol. The van der Waals surface area contributed by atoms with E-state index in [1.54, 1.807) is 0 Å². The third kappa shape index (κ3) is 2.99. The summed E-state index contributed by atoms with van der Waals surface area (Å²) in [5.41, 5.74) is 1.23. The maximum Gasteiger partial charge on any atom is 0.0279 e. The quantitative estimate of drug-likeness (QED) is 0.678. The average molecular weight is 291 g/mol. The second-order valence-corrected chi connectivity index (χ2v) is 8.09. The van der Waals surface area contributed by atoms with Gasteiger partial charge in [-0.05, 0) is 16.2 Å². The molecule has 3 aromatic rings. The van der Waals surface area contributed by atoms with Crippen LogP contribution in [0.2, 0.25) is 0 Å². The lowest BCUT2D eigenvalue weighted by Gasteiger charge is -2.23. The standard InChI is InChI=1S/C19H18NP/c20-21(18-12-6-2-7-13-18,19-14-8-3-9-15-19)16-17-10-4-1-5-11-17/h1-15,20H,16H2. The Bertz CT molecular complexity index is 693. The molecule has 1 N–H and O–H groups in total. The molecule has 0 fully saturated rings. The predicted octanol–water partition coefficient (Wildman–Crippen LogP) is 4.62. The summed E-state index contributed by atoms with van der Waals surface area (Å²) in [7, 11) is -2.15. The van der Waals surface area contributed by atoms with Gasteiger partial charge in [-0.3, -0.25) is 0 Å². The highest BCUT2D eigenvalue weighted by Crippen LogP contribution is 2.47. The molecule has 3 aromatic carbocycles. The SMILES string of the molecule is N=P(Cc1ccccc1)(c1ccccc1)c1ccccc1. The maximum atomic E-state index is 9.25. The van der Waals surface area contributed by atoms with E-state index in [1.807, 2.05) is 42.5 Å². The fraction of sp³-hybridized carbons (Fsp3) is 0.0526. The van der Waals surface area contributed by atoms with Crippen LogP contribution in [0.15, 0.2) is 91.0 Å². The molecule has 0 aliphatic rings. The van der Waals surface area contributed by atoms with Gasteiger partial charge in [-0.15, -0.1) is 0 Å². The van der Waals surface area contributed by atoms with E-state index in [1.165, 1.54) is 5.56 Å². The second kappa shape index (κ2) is 6.11. The molecule has 0 aromatic heterocycles. The van der Waals surface area contributed by atoms with Crippen LogP contribution in [0.4, 0.5) is 0 Å². The van der Waals surface area contributed by atoms with Crippen molar-refractivity contribution in [3.63, 3.8) is 0 Å². The summed E-state index contributed by atoms with van der Waals surface area (Å²) in [5, 5.41) is 11.5. The first-order chi connectivity index (χ1) is 10.3. The van der Waals surface area contributed by atoms with Crippen LogP contribution in [0.3, 0.4) is 0 Å². The van der Waals surface area contributed by atoms with Crippen LogP contribution in [0.5, 0.6) is 0 Å². The van der Waals surface area contributed by atoms with Crippen molar-refractivity contribution in [3.8, 4) is 0 Å². The Balaban J connectivity index is 2.10. The molecule has 0 aliphatic carbocycles. The number of benzene rings is 3. The van der Waals surface area contributed by atoms with Gasteiger partial charge in [-0.2, -0.15) is 0 Å². The van der Waals surface area contributed by atoms with Crippen molar-refractivity contribution in [3.05, 3.63) is 96.6 Å². The van der Waals surface area contributed by atoms with E-state index in [0.717, 1.165) is 16.8 Å². The molecule has 2 heteroatoms. The summed E-state index contributed by atoms with van der Waals surface area (Å²) in [6.07, 6.45) is 0.780. The molecule has 0 amide bonds. The Morgan fingerprint density at radius 2 is 0.952 bits per heavy atom. The molecule has 0 unspecified atom stereocenters. The average Bonchev–Trinajstić information content (AvgIpc) is 2.57. The van der Waals surface area contributed by atoms with E-state index in [9.17, 15) is 5.16 Å². The van der Waals surface area contributed by atoms with Gasteiger partial charge in [-0.1, -0.05) is 91.0 Å². The van der Waals surface area contributed by atoms with E-state index >= 15 is 0 Å². The lowest BCUT2D eigenvalue weighted by atomic mass is 10.2. The van der Waals surface area contributed by atoms with Crippen molar-refractivity contribution in [1.82, 2.24) is 0 Å². The van der Waals surface area contributed by atoms with Crippen LogP contribution >= 0.6 is 7.05 Å². The highest BCUT2D eigenvalue weighted by Gasteiger charge is 2.22. The Kier molecular flexibility index (Phi) is 4.03. The van der Waals surface area contributed by atoms with Crippen LogP contribution in [0.1, 0.15) is 5.56 Å². The third-order valence-electron chi connectivity index (χ3n) is 3.66. The molecule has 104 valence electrons. The fourth-order valence-corrected chi connectivity index (χ4v) is 5.34. The van der Waals surface area contributed by atoms with Crippen molar-refractivity contribution in [1.29, 1.82) is 5.16 Å². The Morgan fingerprint density at radius 3 is 1.38 bits per heavy atom. The summed E-state index contributed by atoms with van der Waals surface area (Å²) in [6, 6.07) is 30.9. The first-order valence-electron chi connectivity index (χ1n) is 7.07. The van der Waals surface area contributed by atoms with Gasteiger partial charge in [0.1, 0.15) is 0 Å². The largest absolute Gasteiger partial charge is 0.309 e. The minimum Gasteiger partial charge on any atom is -0.309 e. The van der Waals surface area contributed by atoms with Gasteiger partial charge in [0.15, 0.2) is 0 Å². The molecule has 1 nitrogen and oxygen atoms in total. The van der Waals surface area contributed by atoms with Gasteiger partial charge in [-0.25, -0.2) is 0 Å². The van der Waals surface area contributed by atoms with E-state index < -0.39 is 7.05 Å². The number of rotatable bonds is 4. The molecule has 21 heavy (non-hydrogen) atoms. The van der Waals surface area contributed by atoms with Crippen LogP contribution in [-0.2, 0) is 6.16 Å². The second-order valence-electron chi connectivity index (χ2n) is 5.12. The first kappa shape index (κ1) is 13.9. The smallest absolute Gasteiger partial charge is 0.0279 e. The van der Waals surface area contributed by atoms with Crippen LogP contribution in [-0.4, -0.2) is 0 Å². The molecule has 0 saturated heterocycles. The summed E-state index contributed by atoms with van der Waals surface area (Å²) in [4.78, 5) is 0. The van der Waals surface area contributed by atoms with Gasteiger partial charge < -0.3 is 5.16 Å². The summed E-state index contributed by atoms with van der Waals surface area (Å²) in [6.45, 7) is 0. The van der Waals surface area contributed by atoms with E-state index in [2.05, 4.69) is 48.5 Å². The van der Waals surface area contributed by atoms with Gasteiger partial charge in [0.2, 0.25) is 0 Å². The molecule has 0 aliphatic heterocycles. The zero-order valence-electron chi connectivity index (χ0n) is 11.8. The normalized spacial score (nSPS) is 11.2. The molecule has 3 rings (SSSR count). The van der Waals surface area contributed by atoms with Gasteiger partial charge in [0.25, 0.3) is 0 Å². The summed E-state index contributed by atoms with van der Waals surface area (Å²) < 4.78 is 0. The highest BCUT2D eigenvalue weighted by atomic mass is 31.2. The summed E-state index contributed by atoms with van der Waals surface area (Å²) >= 11 is 0. The monoisotopic (exact) mass is 291 g/mol. The van der Waals surface area contributed by atoms with Crippen molar-refractivity contribution in [2.75, 3.05) is 0 Å². The van der Waals surface area contributed by atoms with Crippen LogP contribution in [0.25, 0.3) is 0 Å². The topological polar surface area (TPSA) is 23.9 Å². The van der Waals surface area contributed by atoms with Gasteiger partial charge in [0.05, 0.1) is 0 Å². The van der Waals surface area contributed by atoms with E-state index in [4.69, 9.17) is 0 Å². The van der Waals surface area contributed by atoms with Crippen LogP contribution < -0.4 is 10.6 Å².